The molecule has 24 heavy (non-hydrogen) atoms. The molecular formula is C20H24N2O2. The number of likely N-dealkylation sites (tertiary alicyclic amines) is 1. The molecular weight excluding hydrogens is 300 g/mol. The van der Waals surface area contributed by atoms with Crippen LogP contribution in [0.2, 0.25) is 0 Å². The fourth-order valence-corrected chi connectivity index (χ4v) is 3.30. The summed E-state index contributed by atoms with van der Waals surface area (Å²) in [6.07, 6.45) is 1.46. The molecule has 1 saturated heterocycles. The number of amides is 2. The molecule has 1 N–H and O–H groups in total. The molecule has 1 heterocycles. The van der Waals surface area contributed by atoms with Gasteiger partial charge in [0.05, 0.1) is 0 Å². The third-order valence-corrected chi connectivity index (χ3v) is 4.72. The molecule has 0 saturated carbocycles. The number of rotatable bonds is 3. The Balaban J connectivity index is 1.65. The van der Waals surface area contributed by atoms with E-state index in [1.807, 2.05) is 61.2 Å². The van der Waals surface area contributed by atoms with Gasteiger partial charge in [-0.1, -0.05) is 50.2 Å². The van der Waals surface area contributed by atoms with E-state index in [1.54, 1.807) is 0 Å². The molecule has 0 aromatic heterocycles. The van der Waals surface area contributed by atoms with Crippen molar-refractivity contribution in [2.24, 2.45) is 11.8 Å². The number of hydrogen-bond acceptors (Lipinski definition) is 2. The van der Waals surface area contributed by atoms with Gasteiger partial charge in [-0.3, -0.25) is 9.59 Å². The predicted molar refractivity (Wildman–Crippen MR) is 96.7 cm³/mol. The Labute approximate surface area is 142 Å². The molecule has 2 amide bonds. The van der Waals surface area contributed by atoms with Crippen LogP contribution in [0.15, 0.2) is 42.5 Å². The van der Waals surface area contributed by atoms with Crippen molar-refractivity contribution in [2.45, 2.75) is 26.7 Å². The van der Waals surface area contributed by atoms with Crippen molar-refractivity contribution in [3.8, 4) is 0 Å². The second-order valence-electron chi connectivity index (χ2n) is 6.77. The maximum Gasteiger partial charge on any atom is 0.227 e. The molecule has 126 valence electrons. The minimum atomic E-state index is -0.0276. The first-order valence-electron chi connectivity index (χ1n) is 8.63. The first-order valence-corrected chi connectivity index (χ1v) is 8.63. The lowest BCUT2D eigenvalue weighted by Crippen LogP contribution is -2.43. The number of carbonyl (C=O) groups is 2. The molecule has 2 aromatic rings. The van der Waals surface area contributed by atoms with Crippen LogP contribution in [0.5, 0.6) is 0 Å². The summed E-state index contributed by atoms with van der Waals surface area (Å²) in [6.45, 7) is 5.18. The molecule has 4 heteroatoms. The average Bonchev–Trinajstić information content (AvgIpc) is 2.61. The molecule has 0 bridgehead atoms. The lowest BCUT2D eigenvalue weighted by Gasteiger charge is -2.32. The summed E-state index contributed by atoms with van der Waals surface area (Å²) in [5.74, 6) is 0.233. The Kier molecular flexibility index (Phi) is 4.84. The van der Waals surface area contributed by atoms with Gasteiger partial charge in [0.1, 0.15) is 0 Å². The highest BCUT2D eigenvalue weighted by atomic mass is 16.2. The lowest BCUT2D eigenvalue weighted by molar-refractivity contribution is -0.137. The minimum Gasteiger partial charge on any atom is -0.342 e. The minimum absolute atomic E-state index is 0.0195. The summed E-state index contributed by atoms with van der Waals surface area (Å²) in [5.41, 5.74) is 0.860. The number of carbonyl (C=O) groups excluding carboxylic acids is 2. The van der Waals surface area contributed by atoms with Crippen LogP contribution in [0.4, 0.5) is 5.69 Å². The lowest BCUT2D eigenvalue weighted by atomic mass is 9.95. The number of nitrogens with zero attached hydrogens (tertiary/aromatic N) is 1. The Morgan fingerprint density at radius 2 is 1.71 bits per heavy atom. The normalized spacial score (nSPS) is 15.7. The molecule has 1 aliphatic heterocycles. The zero-order chi connectivity index (χ0) is 17.1. The number of benzene rings is 2. The molecule has 0 radical (unpaired) electrons. The van der Waals surface area contributed by atoms with E-state index in [2.05, 4.69) is 5.32 Å². The van der Waals surface area contributed by atoms with Gasteiger partial charge in [-0.2, -0.15) is 0 Å². The fraction of sp³-hybridized carbons (Fsp3) is 0.400. The largest absolute Gasteiger partial charge is 0.342 e. The monoisotopic (exact) mass is 324 g/mol. The van der Waals surface area contributed by atoms with Crippen molar-refractivity contribution < 1.29 is 9.59 Å². The second kappa shape index (κ2) is 7.04. The number of piperidine rings is 1. The van der Waals surface area contributed by atoms with Gasteiger partial charge in [-0.05, 0) is 24.3 Å². The van der Waals surface area contributed by atoms with Gasteiger partial charge < -0.3 is 10.2 Å². The van der Waals surface area contributed by atoms with E-state index in [4.69, 9.17) is 0 Å². The summed E-state index contributed by atoms with van der Waals surface area (Å²) in [6, 6.07) is 14.0. The van der Waals surface area contributed by atoms with Gasteiger partial charge in [0, 0.05) is 36.0 Å². The van der Waals surface area contributed by atoms with Crippen molar-refractivity contribution in [3.63, 3.8) is 0 Å². The first kappa shape index (κ1) is 16.5. The Morgan fingerprint density at radius 3 is 2.42 bits per heavy atom. The Hall–Kier alpha value is -2.36. The Bertz CT molecular complexity index is 741. The standard InChI is InChI=1S/C20H24N2O2/c1-14(2)20(24)22-12-10-16(11-13-22)19(23)21-18-9-5-7-15-6-3-4-8-17(15)18/h3-9,14,16H,10-13H2,1-2H3,(H,21,23). The van der Waals surface area contributed by atoms with E-state index < -0.39 is 0 Å². The van der Waals surface area contributed by atoms with Gasteiger partial charge in [0.15, 0.2) is 0 Å². The molecule has 0 unspecified atom stereocenters. The highest BCUT2D eigenvalue weighted by molar-refractivity contribution is 6.02. The molecule has 1 fully saturated rings. The van der Waals surface area contributed by atoms with Crippen LogP contribution in [0.3, 0.4) is 0 Å². The van der Waals surface area contributed by atoms with Crippen LogP contribution in [-0.4, -0.2) is 29.8 Å². The molecule has 0 aliphatic carbocycles. The van der Waals surface area contributed by atoms with E-state index in [-0.39, 0.29) is 23.7 Å². The van der Waals surface area contributed by atoms with Gasteiger partial charge in [-0.15, -0.1) is 0 Å². The van der Waals surface area contributed by atoms with Gasteiger partial charge in [0.2, 0.25) is 11.8 Å². The summed E-state index contributed by atoms with van der Waals surface area (Å²) in [7, 11) is 0. The topological polar surface area (TPSA) is 49.4 Å². The number of anilines is 1. The van der Waals surface area contributed by atoms with Crippen LogP contribution in [-0.2, 0) is 9.59 Å². The second-order valence-corrected chi connectivity index (χ2v) is 6.77. The number of nitrogens with one attached hydrogen (secondary N) is 1. The van der Waals surface area contributed by atoms with Crippen LogP contribution < -0.4 is 5.32 Å². The van der Waals surface area contributed by atoms with Crippen molar-refractivity contribution in [3.05, 3.63) is 42.5 Å². The van der Waals surface area contributed by atoms with Crippen molar-refractivity contribution in [1.82, 2.24) is 4.90 Å². The van der Waals surface area contributed by atoms with E-state index in [0.29, 0.717) is 13.1 Å². The predicted octanol–water partition coefficient (Wildman–Crippen LogP) is 3.67. The van der Waals surface area contributed by atoms with Crippen LogP contribution in [0, 0.1) is 11.8 Å². The molecule has 2 aromatic carbocycles. The summed E-state index contributed by atoms with van der Waals surface area (Å²) in [4.78, 5) is 26.5. The van der Waals surface area contributed by atoms with Crippen molar-refractivity contribution >= 4 is 28.3 Å². The first-order chi connectivity index (χ1) is 11.6. The summed E-state index contributed by atoms with van der Waals surface area (Å²) >= 11 is 0. The SMILES string of the molecule is CC(C)C(=O)N1CCC(C(=O)Nc2cccc3ccccc23)CC1. The molecule has 0 spiro atoms. The van der Waals surface area contributed by atoms with E-state index in [1.165, 1.54) is 0 Å². The molecule has 0 atom stereocenters. The van der Waals surface area contributed by atoms with E-state index in [0.717, 1.165) is 29.3 Å². The van der Waals surface area contributed by atoms with E-state index >= 15 is 0 Å². The summed E-state index contributed by atoms with van der Waals surface area (Å²) in [5, 5.41) is 5.25. The quantitative estimate of drug-likeness (QED) is 0.936. The highest BCUT2D eigenvalue weighted by Gasteiger charge is 2.28. The zero-order valence-corrected chi connectivity index (χ0v) is 14.3. The number of fused-ring (bicyclic) bond motifs is 1. The maximum absolute atomic E-state index is 12.6. The van der Waals surface area contributed by atoms with Gasteiger partial charge in [-0.25, -0.2) is 0 Å². The average molecular weight is 324 g/mol. The van der Waals surface area contributed by atoms with E-state index in [9.17, 15) is 9.59 Å². The van der Waals surface area contributed by atoms with Gasteiger partial charge in [0.25, 0.3) is 0 Å². The third kappa shape index (κ3) is 3.42. The summed E-state index contributed by atoms with van der Waals surface area (Å²) < 4.78 is 0. The zero-order valence-electron chi connectivity index (χ0n) is 14.3. The smallest absolute Gasteiger partial charge is 0.227 e. The maximum atomic E-state index is 12.6. The molecule has 1 aliphatic rings. The van der Waals surface area contributed by atoms with Gasteiger partial charge >= 0.3 is 0 Å². The van der Waals surface area contributed by atoms with Crippen molar-refractivity contribution in [1.29, 1.82) is 0 Å². The van der Waals surface area contributed by atoms with Crippen LogP contribution in [0.1, 0.15) is 26.7 Å². The Morgan fingerprint density at radius 1 is 1.04 bits per heavy atom. The fourth-order valence-electron chi connectivity index (χ4n) is 3.30. The van der Waals surface area contributed by atoms with Crippen LogP contribution in [0.25, 0.3) is 10.8 Å². The third-order valence-electron chi connectivity index (χ3n) is 4.72. The highest BCUT2D eigenvalue weighted by Crippen LogP contribution is 2.25. The van der Waals surface area contributed by atoms with Crippen molar-refractivity contribution in [2.75, 3.05) is 18.4 Å². The van der Waals surface area contributed by atoms with Crippen LogP contribution >= 0.6 is 0 Å². The number of hydrogen-bond donors (Lipinski definition) is 1. The molecule has 4 nitrogen and oxygen atoms in total. The molecule has 3 rings (SSSR count).